The summed E-state index contributed by atoms with van der Waals surface area (Å²) >= 11 is 0. The zero-order valence-corrected chi connectivity index (χ0v) is 8.64. The summed E-state index contributed by atoms with van der Waals surface area (Å²) in [5, 5.41) is 10.4. The first-order valence-corrected chi connectivity index (χ1v) is 4.79. The molecule has 0 atom stereocenters. The van der Waals surface area contributed by atoms with Gasteiger partial charge in [0.25, 0.3) is 0 Å². The molecule has 0 saturated carbocycles. The van der Waals surface area contributed by atoms with Crippen LogP contribution >= 0.6 is 0 Å². The molecule has 1 aliphatic heterocycles. The lowest BCUT2D eigenvalue weighted by Gasteiger charge is -2.11. The van der Waals surface area contributed by atoms with Gasteiger partial charge in [0.1, 0.15) is 0 Å². The van der Waals surface area contributed by atoms with Crippen LogP contribution in [0.2, 0.25) is 0 Å². The molecule has 0 aliphatic carbocycles. The van der Waals surface area contributed by atoms with E-state index in [1.54, 1.807) is 12.1 Å². The summed E-state index contributed by atoms with van der Waals surface area (Å²) < 4.78 is 0. The molecule has 0 radical (unpaired) electrons. The van der Waals surface area contributed by atoms with Crippen molar-refractivity contribution in [1.29, 1.82) is 5.26 Å². The van der Waals surface area contributed by atoms with E-state index in [1.165, 1.54) is 12.1 Å². The summed E-state index contributed by atoms with van der Waals surface area (Å²) in [4.78, 5) is 34.4. The average molecular weight is 229 g/mol. The van der Waals surface area contributed by atoms with E-state index >= 15 is 0 Å². The number of nitrogens with zero attached hydrogens (tertiary/aromatic N) is 2. The molecule has 0 unspecified atom stereocenters. The van der Waals surface area contributed by atoms with E-state index in [0.29, 0.717) is 5.69 Å². The summed E-state index contributed by atoms with van der Waals surface area (Å²) in [5.74, 6) is -1.83. The number of imide groups is 2. The van der Waals surface area contributed by atoms with Crippen molar-refractivity contribution >= 4 is 23.5 Å². The minimum absolute atomic E-state index is 0.249. The van der Waals surface area contributed by atoms with Crippen molar-refractivity contribution in [2.24, 2.45) is 0 Å². The lowest BCUT2D eigenvalue weighted by Crippen LogP contribution is -2.30. The number of carbonyl (C=O) groups excluding carboxylic acids is 3. The number of carbonyl (C=O) groups is 3. The van der Waals surface area contributed by atoms with Crippen LogP contribution in [0, 0.1) is 11.3 Å². The predicted molar refractivity (Wildman–Crippen MR) is 56.8 cm³/mol. The van der Waals surface area contributed by atoms with E-state index in [-0.39, 0.29) is 6.42 Å². The largest absolute Gasteiger partial charge is 0.336 e. The van der Waals surface area contributed by atoms with Gasteiger partial charge in [0.2, 0.25) is 0 Å². The van der Waals surface area contributed by atoms with Gasteiger partial charge >= 0.3 is 17.8 Å². The monoisotopic (exact) mass is 229 g/mol. The van der Waals surface area contributed by atoms with Crippen molar-refractivity contribution in [3.05, 3.63) is 29.8 Å². The first kappa shape index (κ1) is 10.8. The predicted octanol–water partition coefficient (Wildman–Crippen LogP) is 0.335. The van der Waals surface area contributed by atoms with Crippen LogP contribution in [0.3, 0.4) is 0 Å². The Kier molecular flexibility index (Phi) is 2.58. The topological polar surface area (TPSA) is 90.3 Å². The van der Waals surface area contributed by atoms with Crippen molar-refractivity contribution in [3.8, 4) is 6.07 Å². The Morgan fingerprint density at radius 2 is 1.82 bits per heavy atom. The molecule has 1 aliphatic rings. The van der Waals surface area contributed by atoms with Crippen LogP contribution in [0.25, 0.3) is 0 Å². The zero-order chi connectivity index (χ0) is 12.4. The molecule has 0 bridgehead atoms. The van der Waals surface area contributed by atoms with Gasteiger partial charge in [0, 0.05) is 0 Å². The van der Waals surface area contributed by atoms with Gasteiger partial charge in [-0.3, -0.25) is 14.9 Å². The molecule has 6 nitrogen and oxygen atoms in total. The number of amides is 4. The Morgan fingerprint density at radius 3 is 2.29 bits per heavy atom. The lowest BCUT2D eigenvalue weighted by molar-refractivity contribution is -0.134. The third kappa shape index (κ3) is 1.86. The van der Waals surface area contributed by atoms with E-state index in [9.17, 15) is 14.4 Å². The minimum Gasteiger partial charge on any atom is -0.269 e. The fourth-order valence-corrected chi connectivity index (χ4v) is 1.49. The number of nitrogens with one attached hydrogen (secondary N) is 1. The number of benzene rings is 1. The Bertz CT molecular complexity index is 542. The summed E-state index contributed by atoms with van der Waals surface area (Å²) in [6.45, 7) is 0. The van der Waals surface area contributed by atoms with Crippen LogP contribution in [0.15, 0.2) is 24.3 Å². The number of hydrogen-bond donors (Lipinski definition) is 1. The Balaban J connectivity index is 2.29. The van der Waals surface area contributed by atoms with E-state index in [4.69, 9.17) is 5.26 Å². The number of rotatable bonds is 2. The standard InChI is InChI=1S/C11H7N3O3/c12-6-5-7-1-3-8(4-2-7)14-10(16)9(15)13-11(14)17/h1-4H,5H2,(H,13,15,17). The summed E-state index contributed by atoms with van der Waals surface area (Å²) in [6, 6.07) is 7.51. The molecule has 1 heterocycles. The highest BCUT2D eigenvalue weighted by Crippen LogP contribution is 2.18. The third-order valence-corrected chi connectivity index (χ3v) is 2.30. The normalized spacial score (nSPS) is 14.8. The van der Waals surface area contributed by atoms with E-state index in [0.717, 1.165) is 10.5 Å². The van der Waals surface area contributed by atoms with Gasteiger partial charge in [-0.25, -0.2) is 9.69 Å². The molecular formula is C11H7N3O3. The average Bonchev–Trinajstić information content (AvgIpc) is 2.55. The first-order chi connectivity index (χ1) is 8.13. The molecule has 1 aromatic carbocycles. The fraction of sp³-hybridized carbons (Fsp3) is 0.0909. The van der Waals surface area contributed by atoms with Gasteiger partial charge in [-0.2, -0.15) is 5.26 Å². The fourth-order valence-electron chi connectivity index (χ4n) is 1.49. The van der Waals surface area contributed by atoms with E-state index in [2.05, 4.69) is 0 Å². The van der Waals surface area contributed by atoms with Crippen LogP contribution < -0.4 is 10.2 Å². The molecule has 4 amide bonds. The van der Waals surface area contributed by atoms with Crippen molar-refractivity contribution in [2.45, 2.75) is 6.42 Å². The van der Waals surface area contributed by atoms with Crippen molar-refractivity contribution < 1.29 is 14.4 Å². The van der Waals surface area contributed by atoms with Crippen LogP contribution in [-0.2, 0) is 16.0 Å². The van der Waals surface area contributed by atoms with Gasteiger partial charge in [-0.05, 0) is 17.7 Å². The molecule has 0 aromatic heterocycles. The maximum Gasteiger partial charge on any atom is 0.336 e. The number of anilines is 1. The number of urea groups is 1. The summed E-state index contributed by atoms with van der Waals surface area (Å²) in [6.07, 6.45) is 0.249. The minimum atomic E-state index is -0.934. The second-order valence-electron chi connectivity index (χ2n) is 3.40. The highest BCUT2D eigenvalue weighted by Gasteiger charge is 2.37. The van der Waals surface area contributed by atoms with E-state index in [1.807, 2.05) is 11.4 Å². The van der Waals surface area contributed by atoms with Gasteiger partial charge < -0.3 is 0 Å². The summed E-state index contributed by atoms with van der Waals surface area (Å²) in [5.41, 5.74) is 1.08. The van der Waals surface area contributed by atoms with Crippen molar-refractivity contribution in [3.63, 3.8) is 0 Å². The maximum atomic E-state index is 11.4. The first-order valence-electron chi connectivity index (χ1n) is 4.79. The van der Waals surface area contributed by atoms with Gasteiger partial charge in [0.15, 0.2) is 0 Å². The molecule has 1 fully saturated rings. The van der Waals surface area contributed by atoms with Crippen LogP contribution in [0.1, 0.15) is 5.56 Å². The number of nitriles is 1. The quantitative estimate of drug-likeness (QED) is 0.584. The molecular weight excluding hydrogens is 222 g/mol. The SMILES string of the molecule is N#CCc1ccc(N2C(=O)NC(=O)C2=O)cc1. The van der Waals surface area contributed by atoms with Gasteiger partial charge in [-0.15, -0.1) is 0 Å². The third-order valence-electron chi connectivity index (χ3n) is 2.30. The molecule has 1 aromatic rings. The van der Waals surface area contributed by atoms with Crippen LogP contribution in [-0.4, -0.2) is 17.8 Å². The van der Waals surface area contributed by atoms with Gasteiger partial charge in [0.05, 0.1) is 18.2 Å². The molecule has 1 saturated heterocycles. The Labute approximate surface area is 96.4 Å². The molecule has 84 valence electrons. The lowest BCUT2D eigenvalue weighted by atomic mass is 10.1. The van der Waals surface area contributed by atoms with Crippen LogP contribution in [0.4, 0.5) is 10.5 Å². The smallest absolute Gasteiger partial charge is 0.269 e. The van der Waals surface area contributed by atoms with E-state index < -0.39 is 17.8 Å². The van der Waals surface area contributed by atoms with Gasteiger partial charge in [-0.1, -0.05) is 12.1 Å². The molecule has 17 heavy (non-hydrogen) atoms. The summed E-state index contributed by atoms with van der Waals surface area (Å²) in [7, 11) is 0. The second-order valence-corrected chi connectivity index (χ2v) is 3.40. The Morgan fingerprint density at radius 1 is 1.18 bits per heavy atom. The number of hydrogen-bond acceptors (Lipinski definition) is 4. The molecule has 1 N–H and O–H groups in total. The van der Waals surface area contributed by atoms with Crippen molar-refractivity contribution in [2.75, 3.05) is 4.90 Å². The molecule has 0 spiro atoms. The maximum absolute atomic E-state index is 11.4. The highest BCUT2D eigenvalue weighted by molar-refractivity contribution is 6.53. The second kappa shape index (κ2) is 4.06. The van der Waals surface area contributed by atoms with Crippen LogP contribution in [0.5, 0.6) is 0 Å². The molecule has 6 heteroatoms. The highest BCUT2D eigenvalue weighted by atomic mass is 16.2. The Hall–Kier alpha value is -2.68. The zero-order valence-electron chi connectivity index (χ0n) is 8.64. The molecule has 2 rings (SSSR count). The van der Waals surface area contributed by atoms with Crippen molar-refractivity contribution in [1.82, 2.24) is 5.32 Å².